The molecule has 2 heterocycles. The molecular weight excluding hydrogens is 508 g/mol. The van der Waals surface area contributed by atoms with Gasteiger partial charge in [0.15, 0.2) is 11.5 Å². The van der Waals surface area contributed by atoms with Crippen LogP contribution in [0.4, 0.5) is 0 Å². The Morgan fingerprint density at radius 1 is 0.875 bits per heavy atom. The van der Waals surface area contributed by atoms with E-state index in [0.29, 0.717) is 61.0 Å². The van der Waals surface area contributed by atoms with Crippen molar-refractivity contribution in [2.45, 2.75) is 31.7 Å². The zero-order chi connectivity index (χ0) is 27.7. The minimum Gasteiger partial charge on any atom is -0.491 e. The van der Waals surface area contributed by atoms with E-state index in [0.717, 1.165) is 24.8 Å². The van der Waals surface area contributed by atoms with Crippen LogP contribution in [0.2, 0.25) is 0 Å². The van der Waals surface area contributed by atoms with E-state index in [1.165, 1.54) is 0 Å². The maximum atomic E-state index is 14.1. The lowest BCUT2D eigenvalue weighted by atomic mass is 10.0. The Labute approximate surface area is 235 Å². The Morgan fingerprint density at radius 2 is 1.65 bits per heavy atom. The van der Waals surface area contributed by atoms with Gasteiger partial charge < -0.3 is 28.7 Å². The minimum atomic E-state index is -0.256. The average Bonchev–Trinajstić information content (AvgIpc) is 3.47. The molecule has 3 aromatic rings. The molecule has 2 amide bonds. The summed E-state index contributed by atoms with van der Waals surface area (Å²) in [6, 6.07) is 22.5. The zero-order valence-electron chi connectivity index (χ0n) is 22.9. The molecule has 40 heavy (non-hydrogen) atoms. The summed E-state index contributed by atoms with van der Waals surface area (Å²) in [7, 11) is 1.64. The topological polar surface area (TPSA) is 77.5 Å². The summed E-state index contributed by atoms with van der Waals surface area (Å²) >= 11 is 0. The van der Waals surface area contributed by atoms with Crippen molar-refractivity contribution in [3.63, 3.8) is 0 Å². The number of methoxy groups -OCH3 is 1. The Morgan fingerprint density at radius 3 is 2.50 bits per heavy atom. The summed E-state index contributed by atoms with van der Waals surface area (Å²) in [4.78, 5) is 31.4. The van der Waals surface area contributed by atoms with Crippen molar-refractivity contribution in [1.29, 1.82) is 0 Å². The van der Waals surface area contributed by atoms with Crippen molar-refractivity contribution in [2.75, 3.05) is 46.8 Å². The van der Waals surface area contributed by atoms with Crippen molar-refractivity contribution < 1.29 is 28.5 Å². The van der Waals surface area contributed by atoms with Gasteiger partial charge in [-0.3, -0.25) is 9.59 Å². The molecule has 0 N–H and O–H groups in total. The number of hydrogen-bond acceptors (Lipinski definition) is 6. The number of amides is 2. The summed E-state index contributed by atoms with van der Waals surface area (Å²) < 4.78 is 22.7. The monoisotopic (exact) mass is 544 g/mol. The highest BCUT2D eigenvalue weighted by Crippen LogP contribution is 2.33. The first kappa shape index (κ1) is 27.5. The van der Waals surface area contributed by atoms with E-state index in [2.05, 4.69) is 12.1 Å². The van der Waals surface area contributed by atoms with Crippen molar-refractivity contribution in [3.8, 4) is 17.2 Å². The number of benzene rings is 3. The third-order valence-electron chi connectivity index (χ3n) is 7.36. The first-order valence-electron chi connectivity index (χ1n) is 13.9. The molecule has 0 bridgehead atoms. The van der Waals surface area contributed by atoms with E-state index >= 15 is 0 Å². The molecule has 0 aromatic heterocycles. The van der Waals surface area contributed by atoms with Crippen molar-refractivity contribution in [3.05, 3.63) is 89.5 Å². The maximum absolute atomic E-state index is 14.1. The summed E-state index contributed by atoms with van der Waals surface area (Å²) in [5.41, 5.74) is 2.18. The van der Waals surface area contributed by atoms with Gasteiger partial charge in [-0.1, -0.05) is 42.5 Å². The highest BCUT2D eigenvalue weighted by atomic mass is 16.7. The molecule has 0 saturated heterocycles. The van der Waals surface area contributed by atoms with E-state index in [9.17, 15) is 9.59 Å². The summed E-state index contributed by atoms with van der Waals surface area (Å²) in [6.07, 6.45) is 3.13. The van der Waals surface area contributed by atoms with Gasteiger partial charge in [-0.2, -0.15) is 0 Å². The molecule has 0 aliphatic carbocycles. The fourth-order valence-corrected chi connectivity index (χ4v) is 5.19. The molecule has 8 nitrogen and oxygen atoms in total. The zero-order valence-corrected chi connectivity index (χ0v) is 22.9. The lowest BCUT2D eigenvalue weighted by Crippen LogP contribution is -2.45. The number of hydrogen-bond donors (Lipinski definition) is 0. The molecule has 2 aliphatic heterocycles. The number of carbonyl (C=O) groups excluding carboxylic acids is 2. The van der Waals surface area contributed by atoms with Crippen LogP contribution in [0.1, 0.15) is 45.5 Å². The number of carbonyl (C=O) groups is 2. The Hall–Kier alpha value is -4.04. The van der Waals surface area contributed by atoms with Gasteiger partial charge in [0.05, 0.1) is 18.2 Å². The molecule has 0 spiro atoms. The van der Waals surface area contributed by atoms with Crippen LogP contribution in [0.25, 0.3) is 0 Å². The molecule has 0 fully saturated rings. The van der Waals surface area contributed by atoms with Crippen LogP contribution < -0.4 is 14.2 Å². The van der Waals surface area contributed by atoms with Crippen LogP contribution >= 0.6 is 0 Å². The van der Waals surface area contributed by atoms with Crippen LogP contribution in [0, 0.1) is 0 Å². The number of para-hydroxylation sites is 1. The van der Waals surface area contributed by atoms with E-state index in [1.807, 2.05) is 46.2 Å². The predicted molar refractivity (Wildman–Crippen MR) is 151 cm³/mol. The highest BCUT2D eigenvalue weighted by molar-refractivity contribution is 5.97. The SMILES string of the molecule is COCCN1CCCCCN(C(=O)c2ccc3c(c2)OCO3)[C@@H](Cc2ccccc2)COc2ccccc2C1=O. The molecule has 5 rings (SSSR count). The van der Waals surface area contributed by atoms with E-state index in [-0.39, 0.29) is 31.3 Å². The Bertz CT molecular complexity index is 1300. The lowest BCUT2D eigenvalue weighted by molar-refractivity contribution is 0.0604. The van der Waals surface area contributed by atoms with Crippen molar-refractivity contribution in [2.24, 2.45) is 0 Å². The van der Waals surface area contributed by atoms with E-state index < -0.39 is 0 Å². The third kappa shape index (κ3) is 6.57. The summed E-state index contributed by atoms with van der Waals surface area (Å²) in [5, 5.41) is 0. The van der Waals surface area contributed by atoms with Gasteiger partial charge in [-0.05, 0) is 61.6 Å². The molecule has 3 aromatic carbocycles. The molecule has 210 valence electrons. The highest BCUT2D eigenvalue weighted by Gasteiger charge is 2.29. The fraction of sp³-hybridized carbons (Fsp3) is 0.375. The molecular formula is C32H36N2O6. The fourth-order valence-electron chi connectivity index (χ4n) is 5.19. The molecule has 2 aliphatic rings. The Kier molecular flexibility index (Phi) is 9.18. The number of rotatable bonds is 6. The van der Waals surface area contributed by atoms with Crippen LogP contribution in [0.15, 0.2) is 72.8 Å². The quantitative estimate of drug-likeness (QED) is 0.443. The van der Waals surface area contributed by atoms with Gasteiger partial charge in [-0.15, -0.1) is 0 Å². The summed E-state index contributed by atoms with van der Waals surface area (Å²) in [6.45, 7) is 2.55. The van der Waals surface area contributed by atoms with Gasteiger partial charge >= 0.3 is 0 Å². The lowest BCUT2D eigenvalue weighted by Gasteiger charge is -2.32. The van der Waals surface area contributed by atoms with Crippen LogP contribution in [-0.4, -0.2) is 74.4 Å². The standard InChI is InChI=1S/C32H36N2O6/c1-37-19-18-33-16-8-3-9-17-34(31(35)25-14-15-29-30(21-25)40-23-39-29)26(20-24-10-4-2-5-11-24)22-38-28-13-7-6-12-27(28)32(33)36/h2,4-7,10-15,21,26H,3,8-9,16-20,22-23H2,1H3/t26-/m0/s1. The first-order valence-corrected chi connectivity index (χ1v) is 13.9. The normalized spacial score (nSPS) is 17.7. The van der Waals surface area contributed by atoms with Gasteiger partial charge in [0.25, 0.3) is 11.8 Å². The van der Waals surface area contributed by atoms with Crippen molar-refractivity contribution >= 4 is 11.8 Å². The van der Waals surface area contributed by atoms with Gasteiger partial charge in [0.1, 0.15) is 12.4 Å². The second-order valence-corrected chi connectivity index (χ2v) is 10.1. The van der Waals surface area contributed by atoms with Crippen LogP contribution in [0.3, 0.4) is 0 Å². The van der Waals surface area contributed by atoms with Gasteiger partial charge in [-0.25, -0.2) is 0 Å². The predicted octanol–water partition coefficient (Wildman–Crippen LogP) is 4.82. The first-order chi connectivity index (χ1) is 19.6. The third-order valence-corrected chi connectivity index (χ3v) is 7.36. The summed E-state index contributed by atoms with van der Waals surface area (Å²) in [5.74, 6) is 1.59. The smallest absolute Gasteiger partial charge is 0.257 e. The number of fused-ring (bicyclic) bond motifs is 2. The van der Waals surface area contributed by atoms with Crippen molar-refractivity contribution in [1.82, 2.24) is 9.80 Å². The van der Waals surface area contributed by atoms with Crippen LogP contribution in [-0.2, 0) is 11.2 Å². The van der Waals surface area contributed by atoms with Crippen LogP contribution in [0.5, 0.6) is 17.2 Å². The largest absolute Gasteiger partial charge is 0.491 e. The molecule has 0 radical (unpaired) electrons. The molecule has 1 atom stereocenters. The minimum absolute atomic E-state index is 0.0696. The van der Waals surface area contributed by atoms with Gasteiger partial charge in [0, 0.05) is 32.3 Å². The maximum Gasteiger partial charge on any atom is 0.257 e. The van der Waals surface area contributed by atoms with E-state index in [1.54, 1.807) is 31.4 Å². The van der Waals surface area contributed by atoms with Gasteiger partial charge in [0.2, 0.25) is 6.79 Å². The number of ether oxygens (including phenoxy) is 4. The second-order valence-electron chi connectivity index (χ2n) is 10.1. The molecule has 0 unspecified atom stereocenters. The van der Waals surface area contributed by atoms with E-state index in [4.69, 9.17) is 18.9 Å². The average molecular weight is 545 g/mol. The molecule has 0 saturated carbocycles. The number of nitrogens with zero attached hydrogens (tertiary/aromatic N) is 2. The Balaban J connectivity index is 1.47. The second kappa shape index (κ2) is 13.3. The molecule has 8 heteroatoms.